The molecule has 0 amide bonds. The minimum Gasteiger partial charge on any atom is -0.385 e. The molecule has 1 atom stereocenters. The summed E-state index contributed by atoms with van der Waals surface area (Å²) in [5.41, 5.74) is -0.310. The molecule has 2 nitrogen and oxygen atoms in total. The van der Waals surface area contributed by atoms with Crippen LogP contribution in [0.25, 0.3) is 0 Å². The molecular formula is C16H21BrClFO2. The lowest BCUT2D eigenvalue weighted by Gasteiger charge is -2.45. The van der Waals surface area contributed by atoms with Crippen molar-refractivity contribution >= 4 is 27.5 Å². The molecule has 0 radical (unpaired) electrons. The van der Waals surface area contributed by atoms with Crippen LogP contribution in [-0.4, -0.2) is 17.8 Å². The molecule has 1 aliphatic rings. The molecule has 5 heteroatoms. The van der Waals surface area contributed by atoms with E-state index in [4.69, 9.17) is 16.3 Å². The van der Waals surface area contributed by atoms with Gasteiger partial charge in [0.05, 0.1) is 10.6 Å². The van der Waals surface area contributed by atoms with Gasteiger partial charge >= 0.3 is 0 Å². The molecule has 0 bridgehead atoms. The lowest BCUT2D eigenvalue weighted by molar-refractivity contribution is -0.139. The number of ether oxygens (including phenoxy) is 1. The molecule has 1 aliphatic carbocycles. The highest BCUT2D eigenvalue weighted by Gasteiger charge is 2.45. The number of benzene rings is 1. The van der Waals surface area contributed by atoms with Crippen LogP contribution in [-0.2, 0) is 4.74 Å². The van der Waals surface area contributed by atoms with Crippen molar-refractivity contribution < 1.29 is 14.2 Å². The van der Waals surface area contributed by atoms with Crippen molar-refractivity contribution in [3.05, 3.63) is 33.0 Å². The van der Waals surface area contributed by atoms with Crippen LogP contribution in [0.2, 0.25) is 5.02 Å². The van der Waals surface area contributed by atoms with Gasteiger partial charge in [0.1, 0.15) is 11.9 Å². The number of hydrogen-bond acceptors (Lipinski definition) is 2. The van der Waals surface area contributed by atoms with Crippen molar-refractivity contribution in [2.45, 2.75) is 51.2 Å². The Morgan fingerprint density at radius 2 is 1.86 bits per heavy atom. The van der Waals surface area contributed by atoms with Crippen molar-refractivity contribution in [2.75, 3.05) is 7.11 Å². The molecule has 1 aromatic rings. The molecule has 1 saturated carbocycles. The van der Waals surface area contributed by atoms with Crippen LogP contribution in [0.3, 0.4) is 0 Å². The van der Waals surface area contributed by atoms with Crippen LogP contribution in [0.4, 0.5) is 4.39 Å². The lowest BCUT2D eigenvalue weighted by Crippen LogP contribution is -2.44. The van der Waals surface area contributed by atoms with E-state index in [-0.39, 0.29) is 16.0 Å². The van der Waals surface area contributed by atoms with E-state index in [1.165, 1.54) is 0 Å². The molecule has 0 spiro atoms. The van der Waals surface area contributed by atoms with Gasteiger partial charge in [-0.15, -0.1) is 0 Å². The summed E-state index contributed by atoms with van der Waals surface area (Å²) in [5, 5.41) is 10.7. The Morgan fingerprint density at radius 1 is 1.29 bits per heavy atom. The van der Waals surface area contributed by atoms with Gasteiger partial charge in [-0.2, -0.15) is 0 Å². The van der Waals surface area contributed by atoms with E-state index >= 15 is 0 Å². The first kappa shape index (κ1) is 17.2. The van der Waals surface area contributed by atoms with Crippen LogP contribution in [0.15, 0.2) is 16.6 Å². The van der Waals surface area contributed by atoms with E-state index in [2.05, 4.69) is 29.8 Å². The largest absolute Gasteiger partial charge is 0.385 e. The summed E-state index contributed by atoms with van der Waals surface area (Å²) in [5.74, 6) is -0.584. The van der Waals surface area contributed by atoms with Crippen molar-refractivity contribution in [3.8, 4) is 0 Å². The Kier molecular flexibility index (Phi) is 5.04. The van der Waals surface area contributed by atoms with Gasteiger partial charge in [-0.25, -0.2) is 4.39 Å². The summed E-state index contributed by atoms with van der Waals surface area (Å²) in [7, 11) is 1.58. The minimum absolute atomic E-state index is 0.00561. The van der Waals surface area contributed by atoms with E-state index in [0.29, 0.717) is 17.3 Å². The molecule has 0 aliphatic heterocycles. The number of methoxy groups -OCH3 is 1. The molecule has 118 valence electrons. The SMILES string of the molecule is COC1(C(O)c2ccc(Br)c(Cl)c2F)CCC(C)(C)CC1. The molecule has 0 saturated heterocycles. The molecule has 21 heavy (non-hydrogen) atoms. The number of hydrogen-bond donors (Lipinski definition) is 1. The van der Waals surface area contributed by atoms with Gasteiger partial charge < -0.3 is 9.84 Å². The smallest absolute Gasteiger partial charge is 0.148 e. The second-order valence-electron chi connectivity index (χ2n) is 6.60. The Hall–Kier alpha value is -0.160. The molecule has 0 heterocycles. The van der Waals surface area contributed by atoms with Gasteiger partial charge in [-0.1, -0.05) is 31.5 Å². The molecule has 1 aromatic carbocycles. The maximum absolute atomic E-state index is 14.3. The first-order valence-corrected chi connectivity index (χ1v) is 8.26. The fourth-order valence-corrected chi connectivity index (χ4v) is 3.45. The first-order chi connectivity index (χ1) is 9.72. The maximum Gasteiger partial charge on any atom is 0.148 e. The van der Waals surface area contributed by atoms with Crippen molar-refractivity contribution in [1.29, 1.82) is 0 Å². The van der Waals surface area contributed by atoms with E-state index in [1.54, 1.807) is 19.2 Å². The highest BCUT2D eigenvalue weighted by molar-refractivity contribution is 9.10. The van der Waals surface area contributed by atoms with Crippen LogP contribution >= 0.6 is 27.5 Å². The number of rotatable bonds is 3. The Bertz CT molecular complexity index is 523. The van der Waals surface area contributed by atoms with Gasteiger partial charge in [-0.05, 0) is 53.1 Å². The number of halogens is 3. The van der Waals surface area contributed by atoms with E-state index in [9.17, 15) is 9.50 Å². The van der Waals surface area contributed by atoms with Crippen molar-refractivity contribution in [3.63, 3.8) is 0 Å². The van der Waals surface area contributed by atoms with Gasteiger partial charge in [0.15, 0.2) is 0 Å². The summed E-state index contributed by atoms with van der Waals surface area (Å²) in [4.78, 5) is 0. The predicted octanol–water partition coefficient (Wildman–Crippen LogP) is 5.26. The third kappa shape index (κ3) is 3.29. The molecule has 2 rings (SSSR count). The standard InChI is InChI=1S/C16H21BrClFO2/c1-15(2)6-8-16(21-3,9-7-15)14(20)10-4-5-11(17)12(18)13(10)19/h4-5,14,20H,6-9H2,1-3H3. The summed E-state index contributed by atoms with van der Waals surface area (Å²) in [6.45, 7) is 4.41. The zero-order valence-corrected chi connectivity index (χ0v) is 14.9. The predicted molar refractivity (Wildman–Crippen MR) is 86.1 cm³/mol. The molecule has 1 N–H and O–H groups in total. The Labute approximate surface area is 138 Å². The molecule has 1 fully saturated rings. The summed E-state index contributed by atoms with van der Waals surface area (Å²) < 4.78 is 20.5. The quantitative estimate of drug-likeness (QED) is 0.726. The molecule has 1 unspecified atom stereocenters. The lowest BCUT2D eigenvalue weighted by atomic mass is 9.68. The maximum atomic E-state index is 14.3. The molecule has 0 aromatic heterocycles. The van der Waals surface area contributed by atoms with Crippen molar-refractivity contribution in [1.82, 2.24) is 0 Å². The Morgan fingerprint density at radius 3 is 2.38 bits per heavy atom. The highest BCUT2D eigenvalue weighted by Crippen LogP contribution is 2.48. The third-order valence-electron chi connectivity index (χ3n) is 4.71. The molecular weight excluding hydrogens is 359 g/mol. The summed E-state index contributed by atoms with van der Waals surface area (Å²) in [6.07, 6.45) is 2.24. The van der Waals surface area contributed by atoms with Crippen LogP contribution in [0, 0.1) is 11.2 Å². The fraction of sp³-hybridized carbons (Fsp3) is 0.625. The first-order valence-electron chi connectivity index (χ1n) is 7.09. The van der Waals surface area contributed by atoms with Crippen molar-refractivity contribution in [2.24, 2.45) is 5.41 Å². The Balaban J connectivity index is 2.33. The zero-order valence-electron chi connectivity index (χ0n) is 12.5. The second kappa shape index (κ2) is 6.15. The third-order valence-corrected chi connectivity index (χ3v) is 5.97. The van der Waals surface area contributed by atoms with Crippen LogP contribution in [0.1, 0.15) is 51.2 Å². The average molecular weight is 380 g/mol. The minimum atomic E-state index is -1.02. The van der Waals surface area contributed by atoms with E-state index in [0.717, 1.165) is 12.8 Å². The van der Waals surface area contributed by atoms with E-state index < -0.39 is 17.5 Å². The van der Waals surface area contributed by atoms with Crippen LogP contribution in [0.5, 0.6) is 0 Å². The zero-order chi connectivity index (χ0) is 15.8. The van der Waals surface area contributed by atoms with Gasteiger partial charge in [0, 0.05) is 17.1 Å². The summed E-state index contributed by atoms with van der Waals surface area (Å²) in [6, 6.07) is 3.22. The summed E-state index contributed by atoms with van der Waals surface area (Å²) >= 11 is 9.11. The highest BCUT2D eigenvalue weighted by atomic mass is 79.9. The second-order valence-corrected chi connectivity index (χ2v) is 7.83. The average Bonchev–Trinajstić information content (AvgIpc) is 2.45. The topological polar surface area (TPSA) is 29.5 Å². The van der Waals surface area contributed by atoms with Gasteiger partial charge in [-0.3, -0.25) is 0 Å². The van der Waals surface area contributed by atoms with Gasteiger partial charge in [0.2, 0.25) is 0 Å². The van der Waals surface area contributed by atoms with Gasteiger partial charge in [0.25, 0.3) is 0 Å². The number of aliphatic hydroxyl groups is 1. The fourth-order valence-electron chi connectivity index (χ4n) is 2.97. The monoisotopic (exact) mass is 378 g/mol. The van der Waals surface area contributed by atoms with Crippen LogP contribution < -0.4 is 0 Å². The van der Waals surface area contributed by atoms with E-state index in [1.807, 2.05) is 0 Å². The normalized spacial score (nSPS) is 22.0. The number of aliphatic hydroxyl groups excluding tert-OH is 1.